The summed E-state index contributed by atoms with van der Waals surface area (Å²) in [5.74, 6) is 0.159. The molecule has 30 heavy (non-hydrogen) atoms. The molecule has 0 radical (unpaired) electrons. The molecule has 1 aromatic rings. The smallest absolute Gasteiger partial charge is 0.341 e. The molecule has 2 atom stereocenters. The summed E-state index contributed by atoms with van der Waals surface area (Å²) >= 11 is 1.53. The van der Waals surface area contributed by atoms with Gasteiger partial charge in [-0.05, 0) is 64.1 Å². The number of esters is 1. The quantitative estimate of drug-likeness (QED) is 0.457. The minimum Gasteiger partial charge on any atom is -0.462 e. The second kappa shape index (κ2) is 11.2. The molecule has 2 N–H and O–H groups in total. The summed E-state index contributed by atoms with van der Waals surface area (Å²) in [5, 5.41) is 6.94. The lowest BCUT2D eigenvalue weighted by molar-refractivity contribution is -0.117. The molecule has 0 spiro atoms. The Morgan fingerprint density at radius 3 is 2.83 bits per heavy atom. The van der Waals surface area contributed by atoms with Crippen molar-refractivity contribution in [1.82, 2.24) is 10.2 Å². The molecule has 168 valence electrons. The highest BCUT2D eigenvalue weighted by Crippen LogP contribution is 2.40. The first-order valence-corrected chi connectivity index (χ1v) is 12.0. The predicted molar refractivity (Wildman–Crippen MR) is 119 cm³/mol. The van der Waals surface area contributed by atoms with Gasteiger partial charge in [-0.2, -0.15) is 0 Å². The van der Waals surface area contributed by atoms with Crippen molar-refractivity contribution >= 4 is 28.2 Å². The van der Waals surface area contributed by atoms with E-state index in [1.165, 1.54) is 16.2 Å². The summed E-state index contributed by atoms with van der Waals surface area (Å²) in [4.78, 5) is 29.0. The Morgan fingerprint density at radius 2 is 2.10 bits per heavy atom. The van der Waals surface area contributed by atoms with Crippen molar-refractivity contribution in [2.45, 2.75) is 52.5 Å². The standard InChI is InChI=1S/C22H35N3O4S/c1-4-29-22(27)19-17-7-6-15(2)14-18(17)30-21(19)24-20(26)16(3)23-8-5-9-25-10-12-28-13-11-25/h15-16,23H,4-14H2,1-3H3,(H,24,26)/t15-,16-/m0/s1. The van der Waals surface area contributed by atoms with Crippen LogP contribution in [0.5, 0.6) is 0 Å². The number of ether oxygens (including phenoxy) is 2. The Morgan fingerprint density at radius 1 is 1.33 bits per heavy atom. The molecule has 0 saturated carbocycles. The van der Waals surface area contributed by atoms with Crippen LogP contribution in [-0.4, -0.2) is 68.8 Å². The Balaban J connectivity index is 1.56. The van der Waals surface area contributed by atoms with Gasteiger partial charge in [0, 0.05) is 18.0 Å². The maximum atomic E-state index is 12.8. The molecule has 2 aliphatic rings. The summed E-state index contributed by atoms with van der Waals surface area (Å²) in [5.41, 5.74) is 1.63. The third-order valence-corrected chi connectivity index (χ3v) is 7.00. The van der Waals surface area contributed by atoms with E-state index in [1.807, 2.05) is 6.92 Å². The largest absolute Gasteiger partial charge is 0.462 e. The van der Waals surface area contributed by atoms with Crippen molar-refractivity contribution in [2.24, 2.45) is 5.92 Å². The van der Waals surface area contributed by atoms with Gasteiger partial charge in [-0.15, -0.1) is 11.3 Å². The molecule has 1 aliphatic carbocycles. The molecule has 0 unspecified atom stereocenters. The zero-order valence-electron chi connectivity index (χ0n) is 18.4. The van der Waals surface area contributed by atoms with Crippen molar-refractivity contribution in [1.29, 1.82) is 0 Å². The third-order valence-electron chi connectivity index (χ3n) is 5.83. The molecule has 1 fully saturated rings. The average Bonchev–Trinajstić information content (AvgIpc) is 3.08. The van der Waals surface area contributed by atoms with Gasteiger partial charge in [-0.3, -0.25) is 9.69 Å². The fraction of sp³-hybridized carbons (Fsp3) is 0.727. The molecule has 1 aromatic heterocycles. The Bertz CT molecular complexity index is 730. The van der Waals surface area contributed by atoms with Crippen LogP contribution in [-0.2, 0) is 27.1 Å². The van der Waals surface area contributed by atoms with Crippen LogP contribution in [0.15, 0.2) is 0 Å². The summed E-state index contributed by atoms with van der Waals surface area (Å²) in [7, 11) is 0. The van der Waals surface area contributed by atoms with E-state index >= 15 is 0 Å². The van der Waals surface area contributed by atoms with E-state index in [9.17, 15) is 9.59 Å². The number of fused-ring (bicyclic) bond motifs is 1. The lowest BCUT2D eigenvalue weighted by atomic mass is 9.88. The summed E-state index contributed by atoms with van der Waals surface area (Å²) in [6, 6.07) is -0.331. The number of anilines is 1. The molecule has 0 bridgehead atoms. The summed E-state index contributed by atoms with van der Waals surface area (Å²) in [6.07, 6.45) is 3.87. The van der Waals surface area contributed by atoms with E-state index in [0.29, 0.717) is 23.1 Å². The fourth-order valence-electron chi connectivity index (χ4n) is 4.02. The number of nitrogens with zero attached hydrogens (tertiary/aromatic N) is 1. The third kappa shape index (κ3) is 6.03. The minimum absolute atomic E-state index is 0.112. The highest BCUT2D eigenvalue weighted by atomic mass is 32.1. The van der Waals surface area contributed by atoms with Crippen LogP contribution < -0.4 is 10.6 Å². The highest BCUT2D eigenvalue weighted by molar-refractivity contribution is 7.17. The van der Waals surface area contributed by atoms with Gasteiger partial charge in [0.15, 0.2) is 0 Å². The second-order valence-electron chi connectivity index (χ2n) is 8.25. The Kier molecular flexibility index (Phi) is 8.68. The first-order chi connectivity index (χ1) is 14.5. The average molecular weight is 438 g/mol. The van der Waals surface area contributed by atoms with E-state index in [1.54, 1.807) is 6.92 Å². The number of rotatable bonds is 9. The highest BCUT2D eigenvalue weighted by Gasteiger charge is 2.29. The first-order valence-electron chi connectivity index (χ1n) is 11.2. The molecule has 8 heteroatoms. The van der Waals surface area contributed by atoms with Crippen molar-refractivity contribution in [3.63, 3.8) is 0 Å². The molecule has 1 amide bonds. The number of nitrogens with one attached hydrogen (secondary N) is 2. The SMILES string of the molecule is CCOC(=O)c1c(NC(=O)[C@H](C)NCCCN2CCOCC2)sc2c1CC[C@H](C)C2. The van der Waals surface area contributed by atoms with Gasteiger partial charge in [0.1, 0.15) is 5.00 Å². The lowest BCUT2D eigenvalue weighted by Crippen LogP contribution is -2.41. The Labute approximate surface area is 183 Å². The van der Waals surface area contributed by atoms with E-state index in [-0.39, 0.29) is 17.9 Å². The van der Waals surface area contributed by atoms with Crippen LogP contribution in [0.25, 0.3) is 0 Å². The van der Waals surface area contributed by atoms with Gasteiger partial charge in [0.25, 0.3) is 0 Å². The fourth-order valence-corrected chi connectivity index (χ4v) is 5.42. The second-order valence-corrected chi connectivity index (χ2v) is 9.35. The topological polar surface area (TPSA) is 79.9 Å². The van der Waals surface area contributed by atoms with Gasteiger partial charge in [0.2, 0.25) is 5.91 Å². The molecular weight excluding hydrogens is 402 g/mol. The van der Waals surface area contributed by atoms with Crippen LogP contribution >= 0.6 is 11.3 Å². The van der Waals surface area contributed by atoms with Gasteiger partial charge in [-0.1, -0.05) is 6.92 Å². The first kappa shape index (κ1) is 23.2. The number of morpholine rings is 1. The van der Waals surface area contributed by atoms with Gasteiger partial charge >= 0.3 is 5.97 Å². The maximum Gasteiger partial charge on any atom is 0.341 e. The molecule has 1 saturated heterocycles. The number of carbonyl (C=O) groups is 2. The van der Waals surface area contributed by atoms with E-state index < -0.39 is 0 Å². The van der Waals surface area contributed by atoms with Crippen LogP contribution in [0.1, 0.15) is 54.4 Å². The van der Waals surface area contributed by atoms with Crippen molar-refractivity contribution < 1.29 is 19.1 Å². The molecule has 2 heterocycles. The van der Waals surface area contributed by atoms with E-state index in [0.717, 1.165) is 70.6 Å². The number of thiophene rings is 1. The number of hydrogen-bond donors (Lipinski definition) is 2. The van der Waals surface area contributed by atoms with Crippen LogP contribution in [0.3, 0.4) is 0 Å². The molecular formula is C22H35N3O4S. The summed E-state index contributed by atoms with van der Waals surface area (Å²) < 4.78 is 10.7. The van der Waals surface area contributed by atoms with E-state index in [2.05, 4.69) is 22.5 Å². The zero-order chi connectivity index (χ0) is 21.5. The molecule has 1 aliphatic heterocycles. The van der Waals surface area contributed by atoms with Crippen molar-refractivity contribution in [3.8, 4) is 0 Å². The van der Waals surface area contributed by atoms with Gasteiger partial charge in [0.05, 0.1) is 31.4 Å². The van der Waals surface area contributed by atoms with Gasteiger partial charge in [-0.25, -0.2) is 4.79 Å². The normalized spacial score (nSPS) is 20.4. The van der Waals surface area contributed by atoms with Crippen molar-refractivity contribution in [3.05, 3.63) is 16.0 Å². The number of amides is 1. The predicted octanol–water partition coefficient (Wildman–Crippen LogP) is 2.69. The molecule has 7 nitrogen and oxygen atoms in total. The van der Waals surface area contributed by atoms with E-state index in [4.69, 9.17) is 9.47 Å². The number of carbonyl (C=O) groups excluding carboxylic acids is 2. The van der Waals surface area contributed by atoms with Gasteiger partial charge < -0.3 is 20.1 Å². The van der Waals surface area contributed by atoms with Crippen LogP contribution in [0.2, 0.25) is 0 Å². The summed E-state index contributed by atoms with van der Waals surface area (Å²) in [6.45, 7) is 11.6. The van der Waals surface area contributed by atoms with Crippen LogP contribution in [0, 0.1) is 5.92 Å². The lowest BCUT2D eigenvalue weighted by Gasteiger charge is -2.26. The van der Waals surface area contributed by atoms with Crippen molar-refractivity contribution in [2.75, 3.05) is 51.3 Å². The molecule has 0 aromatic carbocycles. The minimum atomic E-state index is -0.331. The Hall–Kier alpha value is -1.48. The number of hydrogen-bond acceptors (Lipinski definition) is 7. The maximum absolute atomic E-state index is 12.8. The molecule has 3 rings (SSSR count). The zero-order valence-corrected chi connectivity index (χ0v) is 19.2. The monoisotopic (exact) mass is 437 g/mol. The van der Waals surface area contributed by atoms with Crippen LogP contribution in [0.4, 0.5) is 5.00 Å².